The highest BCUT2D eigenvalue weighted by atomic mass is 32.1. The van der Waals surface area contributed by atoms with Gasteiger partial charge in [-0.3, -0.25) is 0 Å². The Hall–Kier alpha value is -0.830. The molecular weight excluding hydrogens is 232 g/mol. The molecule has 1 aromatic carbocycles. The maximum atomic E-state index is 5.77. The average molecular weight is 254 g/mol. The normalized spacial score (nSPS) is 12.2. The zero-order valence-electron chi connectivity index (χ0n) is 10.7. The van der Waals surface area contributed by atoms with Gasteiger partial charge in [-0.2, -0.15) is 12.6 Å². The van der Waals surface area contributed by atoms with Gasteiger partial charge in [0.1, 0.15) is 11.5 Å². The van der Waals surface area contributed by atoms with Crippen LogP contribution in [-0.2, 0) is 0 Å². The number of benzene rings is 1. The monoisotopic (exact) mass is 254 g/mol. The molecule has 1 rings (SSSR count). The first-order chi connectivity index (χ1) is 8.30. The second-order valence-electron chi connectivity index (χ2n) is 4.06. The molecule has 0 saturated carbocycles. The molecule has 17 heavy (non-hydrogen) atoms. The summed E-state index contributed by atoms with van der Waals surface area (Å²) in [6.45, 7) is 5.57. The second-order valence-corrected chi connectivity index (χ2v) is 4.42. The molecule has 96 valence electrons. The fourth-order valence-electron chi connectivity index (χ4n) is 1.67. The summed E-state index contributed by atoms with van der Waals surface area (Å²) in [6.07, 6.45) is 2.34. The van der Waals surface area contributed by atoms with Crippen LogP contribution in [0.2, 0.25) is 0 Å². The molecule has 0 radical (unpaired) electrons. The van der Waals surface area contributed by atoms with Crippen molar-refractivity contribution in [2.75, 3.05) is 19.0 Å². The van der Waals surface area contributed by atoms with Crippen molar-refractivity contribution in [3.8, 4) is 11.5 Å². The van der Waals surface area contributed by atoms with Gasteiger partial charge in [-0.1, -0.05) is 19.4 Å². The van der Waals surface area contributed by atoms with Gasteiger partial charge < -0.3 is 9.47 Å². The minimum Gasteiger partial charge on any atom is -0.494 e. The molecule has 0 amide bonds. The molecular formula is C14H22O2S. The van der Waals surface area contributed by atoms with Crippen LogP contribution < -0.4 is 9.47 Å². The Kier molecular flexibility index (Phi) is 6.94. The first-order valence-corrected chi connectivity index (χ1v) is 6.89. The summed E-state index contributed by atoms with van der Waals surface area (Å²) in [6, 6.07) is 7.80. The molecule has 2 nitrogen and oxygen atoms in total. The SMILES string of the molecule is CCCC(CS)COc1cccc(OCC)c1. The fourth-order valence-corrected chi connectivity index (χ4v) is 1.96. The summed E-state index contributed by atoms with van der Waals surface area (Å²) < 4.78 is 11.2. The predicted octanol–water partition coefficient (Wildman–Crippen LogP) is 3.81. The van der Waals surface area contributed by atoms with Gasteiger partial charge in [0.25, 0.3) is 0 Å². The van der Waals surface area contributed by atoms with Crippen molar-refractivity contribution in [2.45, 2.75) is 26.7 Å². The molecule has 0 heterocycles. The highest BCUT2D eigenvalue weighted by Crippen LogP contribution is 2.20. The number of thiol groups is 1. The third kappa shape index (κ3) is 5.35. The molecule has 0 aliphatic carbocycles. The summed E-state index contributed by atoms with van der Waals surface area (Å²) in [5, 5.41) is 0. The van der Waals surface area contributed by atoms with Crippen LogP contribution in [0.4, 0.5) is 0 Å². The molecule has 0 spiro atoms. The lowest BCUT2D eigenvalue weighted by Crippen LogP contribution is -2.13. The van der Waals surface area contributed by atoms with Crippen molar-refractivity contribution >= 4 is 12.6 Å². The molecule has 0 bridgehead atoms. The molecule has 1 atom stereocenters. The van der Waals surface area contributed by atoms with Gasteiger partial charge in [-0.05, 0) is 31.2 Å². The van der Waals surface area contributed by atoms with Crippen molar-refractivity contribution in [1.82, 2.24) is 0 Å². The average Bonchev–Trinajstić information content (AvgIpc) is 2.35. The topological polar surface area (TPSA) is 18.5 Å². The van der Waals surface area contributed by atoms with Gasteiger partial charge in [0.05, 0.1) is 13.2 Å². The van der Waals surface area contributed by atoms with Crippen molar-refractivity contribution < 1.29 is 9.47 Å². The largest absolute Gasteiger partial charge is 0.494 e. The highest BCUT2D eigenvalue weighted by Gasteiger charge is 2.06. The third-order valence-electron chi connectivity index (χ3n) is 2.56. The number of rotatable bonds is 8. The fraction of sp³-hybridized carbons (Fsp3) is 0.571. The quantitative estimate of drug-likeness (QED) is 0.711. The molecule has 1 unspecified atom stereocenters. The predicted molar refractivity (Wildman–Crippen MR) is 75.4 cm³/mol. The van der Waals surface area contributed by atoms with Crippen molar-refractivity contribution in [2.24, 2.45) is 5.92 Å². The number of hydrogen-bond acceptors (Lipinski definition) is 3. The Balaban J connectivity index is 2.47. The molecule has 0 saturated heterocycles. The van der Waals surface area contributed by atoms with Crippen LogP contribution in [0.1, 0.15) is 26.7 Å². The lowest BCUT2D eigenvalue weighted by molar-refractivity contribution is 0.252. The van der Waals surface area contributed by atoms with Gasteiger partial charge in [0.2, 0.25) is 0 Å². The molecule has 0 aliphatic heterocycles. The van der Waals surface area contributed by atoms with E-state index in [4.69, 9.17) is 9.47 Å². The first-order valence-electron chi connectivity index (χ1n) is 6.26. The van der Waals surface area contributed by atoms with E-state index in [0.29, 0.717) is 12.5 Å². The summed E-state index contributed by atoms with van der Waals surface area (Å²) >= 11 is 4.35. The van der Waals surface area contributed by atoms with E-state index >= 15 is 0 Å². The molecule has 0 aromatic heterocycles. The van der Waals surface area contributed by atoms with Crippen molar-refractivity contribution in [3.63, 3.8) is 0 Å². The zero-order chi connectivity index (χ0) is 12.5. The Labute approximate surface area is 110 Å². The van der Waals surface area contributed by atoms with E-state index in [9.17, 15) is 0 Å². The number of ether oxygens (including phenoxy) is 2. The van der Waals surface area contributed by atoms with E-state index < -0.39 is 0 Å². The van der Waals surface area contributed by atoms with Gasteiger partial charge in [0, 0.05) is 12.0 Å². The summed E-state index contributed by atoms with van der Waals surface area (Å²) in [4.78, 5) is 0. The Bertz CT molecular complexity index is 315. The molecule has 0 aliphatic rings. The van der Waals surface area contributed by atoms with E-state index in [0.717, 1.165) is 30.3 Å². The van der Waals surface area contributed by atoms with Crippen LogP contribution in [0, 0.1) is 5.92 Å². The van der Waals surface area contributed by atoms with E-state index in [1.807, 2.05) is 31.2 Å². The lowest BCUT2D eigenvalue weighted by atomic mass is 10.1. The second kappa shape index (κ2) is 8.29. The van der Waals surface area contributed by atoms with Gasteiger partial charge in [0.15, 0.2) is 0 Å². The number of hydrogen-bond donors (Lipinski definition) is 1. The first kappa shape index (κ1) is 14.2. The Morgan fingerprint density at radius 1 is 1.18 bits per heavy atom. The van der Waals surface area contributed by atoms with Crippen LogP contribution in [0.25, 0.3) is 0 Å². The van der Waals surface area contributed by atoms with Crippen LogP contribution in [-0.4, -0.2) is 19.0 Å². The van der Waals surface area contributed by atoms with Crippen LogP contribution in [0.5, 0.6) is 11.5 Å². The molecule has 0 N–H and O–H groups in total. The lowest BCUT2D eigenvalue weighted by Gasteiger charge is -2.15. The summed E-state index contributed by atoms with van der Waals surface area (Å²) in [5.41, 5.74) is 0. The summed E-state index contributed by atoms with van der Waals surface area (Å²) in [7, 11) is 0. The van der Waals surface area contributed by atoms with E-state index in [-0.39, 0.29) is 0 Å². The maximum Gasteiger partial charge on any atom is 0.122 e. The minimum atomic E-state index is 0.527. The third-order valence-corrected chi connectivity index (χ3v) is 3.07. The minimum absolute atomic E-state index is 0.527. The maximum absolute atomic E-state index is 5.77. The van der Waals surface area contributed by atoms with Gasteiger partial charge in [-0.25, -0.2) is 0 Å². The van der Waals surface area contributed by atoms with Crippen LogP contribution in [0.15, 0.2) is 24.3 Å². The summed E-state index contributed by atoms with van der Waals surface area (Å²) in [5.74, 6) is 3.14. The Morgan fingerprint density at radius 2 is 1.88 bits per heavy atom. The smallest absolute Gasteiger partial charge is 0.122 e. The molecule has 0 fully saturated rings. The van der Waals surface area contributed by atoms with E-state index in [1.165, 1.54) is 6.42 Å². The Morgan fingerprint density at radius 3 is 2.47 bits per heavy atom. The van der Waals surface area contributed by atoms with Crippen molar-refractivity contribution in [1.29, 1.82) is 0 Å². The molecule has 3 heteroatoms. The highest BCUT2D eigenvalue weighted by molar-refractivity contribution is 7.80. The standard InChI is InChI=1S/C14H22O2S/c1-3-6-12(11-17)10-16-14-8-5-7-13(9-14)15-4-2/h5,7-9,12,17H,3-4,6,10-11H2,1-2H3. The van der Waals surface area contributed by atoms with Crippen LogP contribution >= 0.6 is 12.6 Å². The van der Waals surface area contributed by atoms with Crippen LogP contribution in [0.3, 0.4) is 0 Å². The van der Waals surface area contributed by atoms with E-state index in [2.05, 4.69) is 19.6 Å². The van der Waals surface area contributed by atoms with Gasteiger partial charge in [-0.15, -0.1) is 0 Å². The van der Waals surface area contributed by atoms with Crippen molar-refractivity contribution in [3.05, 3.63) is 24.3 Å². The van der Waals surface area contributed by atoms with E-state index in [1.54, 1.807) is 0 Å². The zero-order valence-corrected chi connectivity index (χ0v) is 11.6. The van der Waals surface area contributed by atoms with Gasteiger partial charge >= 0.3 is 0 Å². The molecule has 1 aromatic rings.